The molecule has 9 heteroatoms. The summed E-state index contributed by atoms with van der Waals surface area (Å²) in [6.07, 6.45) is 0. The molecule has 0 saturated carbocycles. The number of benzene rings is 1. The third-order valence-electron chi connectivity index (χ3n) is 1.94. The summed E-state index contributed by atoms with van der Waals surface area (Å²) in [6, 6.07) is 0. The van der Waals surface area contributed by atoms with E-state index < -0.39 is 46.3 Å². The molecule has 0 aromatic heterocycles. The molecule has 1 aliphatic heterocycles. The maximum atomic E-state index is 13.2. The third-order valence-corrected chi connectivity index (χ3v) is 1.94. The van der Waals surface area contributed by atoms with Crippen LogP contribution in [0.3, 0.4) is 0 Å². The first-order valence-corrected chi connectivity index (χ1v) is 3.98. The summed E-state index contributed by atoms with van der Waals surface area (Å²) < 4.78 is 52.1. The molecular weight excluding hydrogens is 250 g/mol. The molecule has 0 spiro atoms. The summed E-state index contributed by atoms with van der Waals surface area (Å²) in [5.74, 6) is -11.8. The first-order chi connectivity index (χ1) is 7.95. The van der Waals surface area contributed by atoms with Gasteiger partial charge < -0.3 is 9.68 Å². The highest BCUT2D eigenvalue weighted by Crippen LogP contribution is 2.26. The van der Waals surface area contributed by atoms with Gasteiger partial charge in [-0.15, -0.1) is 0 Å². The molecule has 0 aliphatic carbocycles. The highest BCUT2D eigenvalue weighted by molar-refractivity contribution is 6.04. The average molecular weight is 251 g/mol. The van der Waals surface area contributed by atoms with Gasteiger partial charge in [0.1, 0.15) is 11.1 Å². The Kier molecular flexibility index (Phi) is 2.46. The third kappa shape index (κ3) is 1.51. The SMILES string of the molecule is O=C1ONOC(=O)c2c(F)c(F)c(F)c(F)c21. The van der Waals surface area contributed by atoms with Gasteiger partial charge >= 0.3 is 11.9 Å². The highest BCUT2D eigenvalue weighted by atomic mass is 19.2. The van der Waals surface area contributed by atoms with Crippen molar-refractivity contribution in [2.45, 2.75) is 0 Å². The summed E-state index contributed by atoms with van der Waals surface area (Å²) in [4.78, 5) is 30.0. The quantitative estimate of drug-likeness (QED) is 0.423. The molecule has 1 heterocycles. The Morgan fingerprint density at radius 2 is 1.06 bits per heavy atom. The van der Waals surface area contributed by atoms with E-state index in [-0.39, 0.29) is 0 Å². The molecule has 1 aromatic carbocycles. The number of nitrogens with one attached hydrogen (secondary N) is 1. The van der Waals surface area contributed by atoms with Crippen LogP contribution in [0.5, 0.6) is 0 Å². The number of carbonyl (C=O) groups excluding carboxylic acids is 2. The van der Waals surface area contributed by atoms with Crippen LogP contribution < -0.4 is 5.64 Å². The minimum atomic E-state index is -2.23. The van der Waals surface area contributed by atoms with E-state index in [2.05, 4.69) is 9.68 Å². The Morgan fingerprint density at radius 1 is 0.706 bits per heavy atom. The molecule has 0 unspecified atom stereocenters. The van der Waals surface area contributed by atoms with Gasteiger partial charge in [-0.25, -0.2) is 27.2 Å². The second-order valence-corrected chi connectivity index (χ2v) is 2.87. The number of hydrogen-bond acceptors (Lipinski definition) is 5. The molecular formula is C8HF4NO4. The lowest BCUT2D eigenvalue weighted by Gasteiger charge is -2.05. The maximum Gasteiger partial charge on any atom is 0.364 e. The molecule has 1 aromatic rings. The van der Waals surface area contributed by atoms with Crippen LogP contribution in [-0.4, -0.2) is 11.9 Å². The van der Waals surface area contributed by atoms with E-state index in [1.54, 1.807) is 0 Å². The fraction of sp³-hybridized carbons (Fsp3) is 0. The molecule has 1 N–H and O–H groups in total. The summed E-state index contributed by atoms with van der Waals surface area (Å²) in [6.45, 7) is 0. The molecule has 90 valence electrons. The summed E-state index contributed by atoms with van der Waals surface area (Å²) in [7, 11) is 0. The van der Waals surface area contributed by atoms with Crippen molar-refractivity contribution in [1.29, 1.82) is 0 Å². The van der Waals surface area contributed by atoms with Gasteiger partial charge in [-0.3, -0.25) is 0 Å². The zero-order valence-corrected chi connectivity index (χ0v) is 7.64. The van der Waals surface area contributed by atoms with Crippen molar-refractivity contribution in [3.05, 3.63) is 34.4 Å². The first kappa shape index (κ1) is 11.3. The fourth-order valence-corrected chi connectivity index (χ4v) is 1.21. The van der Waals surface area contributed by atoms with Gasteiger partial charge in [0.05, 0.1) is 0 Å². The molecule has 1 aliphatic rings. The number of carbonyl (C=O) groups is 2. The Bertz CT molecular complexity index is 498. The second kappa shape index (κ2) is 3.70. The van der Waals surface area contributed by atoms with E-state index in [1.807, 2.05) is 0 Å². The van der Waals surface area contributed by atoms with Crippen LogP contribution in [0.4, 0.5) is 17.6 Å². The van der Waals surface area contributed by atoms with Gasteiger partial charge in [-0.05, 0) is 0 Å². The lowest BCUT2D eigenvalue weighted by Crippen LogP contribution is -2.18. The summed E-state index contributed by atoms with van der Waals surface area (Å²) in [5, 5.41) is 0. The number of hydrogen-bond donors (Lipinski definition) is 1. The van der Waals surface area contributed by atoms with Gasteiger partial charge in [0.15, 0.2) is 23.3 Å². The van der Waals surface area contributed by atoms with Crippen molar-refractivity contribution in [2.24, 2.45) is 0 Å². The predicted octanol–water partition coefficient (Wildman–Crippen LogP) is 0.990. The second-order valence-electron chi connectivity index (χ2n) is 2.87. The van der Waals surface area contributed by atoms with Crippen LogP contribution in [0.15, 0.2) is 0 Å². The monoisotopic (exact) mass is 251 g/mol. The van der Waals surface area contributed by atoms with E-state index in [1.165, 1.54) is 5.64 Å². The van der Waals surface area contributed by atoms with Crippen LogP contribution in [0, 0.1) is 23.3 Å². The van der Waals surface area contributed by atoms with E-state index in [9.17, 15) is 27.2 Å². The smallest absolute Gasteiger partial charge is 0.331 e. The first-order valence-electron chi connectivity index (χ1n) is 3.98. The molecule has 17 heavy (non-hydrogen) atoms. The lowest BCUT2D eigenvalue weighted by atomic mass is 10.1. The maximum absolute atomic E-state index is 13.2. The average Bonchev–Trinajstić information content (AvgIpc) is 2.43. The lowest BCUT2D eigenvalue weighted by molar-refractivity contribution is -0.0970. The summed E-state index contributed by atoms with van der Waals surface area (Å²) in [5.41, 5.74) is -1.45. The number of halogens is 4. The van der Waals surface area contributed by atoms with Gasteiger partial charge in [-0.1, -0.05) is 0 Å². The van der Waals surface area contributed by atoms with Crippen molar-refractivity contribution in [3.8, 4) is 0 Å². The van der Waals surface area contributed by atoms with Crippen molar-refractivity contribution >= 4 is 11.9 Å². The topological polar surface area (TPSA) is 64.6 Å². The van der Waals surface area contributed by atoms with Gasteiger partial charge in [0.25, 0.3) is 0 Å². The Balaban J connectivity index is 2.87. The fourth-order valence-electron chi connectivity index (χ4n) is 1.21. The van der Waals surface area contributed by atoms with Gasteiger partial charge in [-0.2, -0.15) is 0 Å². The zero-order chi connectivity index (χ0) is 12.7. The zero-order valence-electron chi connectivity index (χ0n) is 7.64. The standard InChI is InChI=1S/C8HF4NO4/c9-3-1-2(4(10)6(12)5(3)11)8(15)17-13-16-7(1)14/h13H. The Hall–Kier alpha value is -2.16. The molecule has 5 nitrogen and oxygen atoms in total. The minimum Gasteiger partial charge on any atom is -0.331 e. The minimum absolute atomic E-state index is 1.31. The molecule has 2 rings (SSSR count). The van der Waals surface area contributed by atoms with E-state index >= 15 is 0 Å². The van der Waals surface area contributed by atoms with Crippen LogP contribution >= 0.6 is 0 Å². The largest absolute Gasteiger partial charge is 0.364 e. The normalized spacial score (nSPS) is 14.8. The van der Waals surface area contributed by atoms with Crippen LogP contribution in [0.2, 0.25) is 0 Å². The van der Waals surface area contributed by atoms with E-state index in [0.29, 0.717) is 0 Å². The molecule has 0 amide bonds. The summed E-state index contributed by atoms with van der Waals surface area (Å²) >= 11 is 0. The van der Waals surface area contributed by atoms with Crippen molar-refractivity contribution in [1.82, 2.24) is 5.64 Å². The molecule has 0 atom stereocenters. The Morgan fingerprint density at radius 3 is 1.41 bits per heavy atom. The van der Waals surface area contributed by atoms with Crippen molar-refractivity contribution in [3.63, 3.8) is 0 Å². The van der Waals surface area contributed by atoms with Crippen molar-refractivity contribution in [2.75, 3.05) is 0 Å². The number of rotatable bonds is 0. The predicted molar refractivity (Wildman–Crippen MR) is 40.2 cm³/mol. The van der Waals surface area contributed by atoms with Crippen LogP contribution in [0.25, 0.3) is 0 Å². The van der Waals surface area contributed by atoms with E-state index in [4.69, 9.17) is 0 Å². The van der Waals surface area contributed by atoms with Crippen LogP contribution in [0.1, 0.15) is 20.7 Å². The van der Waals surface area contributed by atoms with Crippen LogP contribution in [-0.2, 0) is 9.68 Å². The number of fused-ring (bicyclic) bond motifs is 1. The Labute approximate surface area is 89.8 Å². The van der Waals surface area contributed by atoms with Crippen molar-refractivity contribution < 1.29 is 36.8 Å². The molecule has 0 bridgehead atoms. The molecule has 0 radical (unpaired) electrons. The van der Waals surface area contributed by atoms with Gasteiger partial charge in [0.2, 0.25) is 0 Å². The molecule has 0 fully saturated rings. The molecule has 0 saturated heterocycles. The van der Waals surface area contributed by atoms with E-state index in [0.717, 1.165) is 0 Å². The van der Waals surface area contributed by atoms with Gasteiger partial charge in [0, 0.05) is 5.64 Å². The highest BCUT2D eigenvalue weighted by Gasteiger charge is 2.36.